The van der Waals surface area contributed by atoms with E-state index in [1.807, 2.05) is 13.8 Å². The summed E-state index contributed by atoms with van der Waals surface area (Å²) in [5.41, 5.74) is 0. The normalized spacial score (nSPS) is 1.20. The summed E-state index contributed by atoms with van der Waals surface area (Å²) in [5, 5.41) is 0. The zero-order valence-electron chi connectivity index (χ0n) is 3.50. The van der Waals surface area contributed by atoms with E-state index in [-0.39, 0.29) is 16.4 Å². The van der Waals surface area contributed by atoms with E-state index in [0.29, 0.717) is 0 Å². The third-order valence-corrected chi connectivity index (χ3v) is 0. The molecule has 0 aromatic rings. The van der Waals surface area contributed by atoms with Crippen molar-refractivity contribution in [3.05, 3.63) is 0 Å². The maximum atomic E-state index is 2.00. The van der Waals surface area contributed by atoms with Gasteiger partial charge in [-0.2, -0.15) is 0 Å². The highest BCUT2D eigenvalue weighted by molar-refractivity contribution is 3.50. The monoisotopic (exact) mass is 84.1 g/mol. The predicted molar refractivity (Wildman–Crippen MR) is 22.2 cm³/mol. The molecule has 0 radical (unpaired) electrons. The lowest BCUT2D eigenvalue weighted by Gasteiger charge is -1.07. The largest absolute Gasteiger partial charge is 0.412 e. The molecule has 0 saturated carbocycles. The van der Waals surface area contributed by atoms with Crippen LogP contribution in [0.3, 0.4) is 0 Å². The van der Waals surface area contributed by atoms with Crippen molar-refractivity contribution in [2.75, 3.05) is 0 Å². The molecule has 0 aliphatic heterocycles. The van der Waals surface area contributed by atoms with Crippen molar-refractivity contribution in [3.63, 3.8) is 0 Å². The van der Waals surface area contributed by atoms with E-state index < -0.39 is 0 Å². The maximum absolute atomic E-state index is 2.00. The van der Waals surface area contributed by atoms with Crippen molar-refractivity contribution in [2.24, 2.45) is 0 Å². The summed E-state index contributed by atoms with van der Waals surface area (Å²) in [6, 6.07) is 0. The van der Waals surface area contributed by atoms with Gasteiger partial charge in [0.25, 0.3) is 0 Å². The van der Waals surface area contributed by atoms with E-state index in [1.54, 1.807) is 0 Å². The second kappa shape index (κ2) is 2230. The molecular formula is C2H12O3. The zero-order valence-corrected chi connectivity index (χ0v) is 3.50. The lowest BCUT2D eigenvalue weighted by molar-refractivity contribution is 0.823. The molecule has 3 nitrogen and oxygen atoms in total. The van der Waals surface area contributed by atoms with Gasteiger partial charge in [0.1, 0.15) is 0 Å². The van der Waals surface area contributed by atoms with Crippen LogP contribution in [0.4, 0.5) is 0 Å². The molecule has 3 heteroatoms. The average molecular weight is 84.1 g/mol. The number of hydrogen-bond donors (Lipinski definition) is 0. The second-order valence-corrected chi connectivity index (χ2v) is 0. The van der Waals surface area contributed by atoms with E-state index in [1.165, 1.54) is 0 Å². The van der Waals surface area contributed by atoms with Crippen molar-refractivity contribution in [2.45, 2.75) is 13.8 Å². The van der Waals surface area contributed by atoms with Crippen molar-refractivity contribution in [1.29, 1.82) is 0 Å². The predicted octanol–water partition coefficient (Wildman–Crippen LogP) is -1.45. The molecule has 0 aliphatic rings. The molecule has 0 rings (SSSR count). The molecule has 38 valence electrons. The molecule has 0 spiro atoms. The van der Waals surface area contributed by atoms with Crippen LogP contribution in [0.5, 0.6) is 0 Å². The van der Waals surface area contributed by atoms with Gasteiger partial charge >= 0.3 is 0 Å². The van der Waals surface area contributed by atoms with Crippen molar-refractivity contribution in [3.8, 4) is 0 Å². The van der Waals surface area contributed by atoms with E-state index in [4.69, 9.17) is 0 Å². The Bertz CT molecular complexity index is 4.85. The highest BCUT2D eigenvalue weighted by atomic mass is 16.0. The molecule has 0 bridgehead atoms. The van der Waals surface area contributed by atoms with Crippen molar-refractivity contribution in [1.82, 2.24) is 0 Å². The van der Waals surface area contributed by atoms with Gasteiger partial charge in [0.05, 0.1) is 0 Å². The highest BCUT2D eigenvalue weighted by Gasteiger charge is 0.932. The van der Waals surface area contributed by atoms with Gasteiger partial charge in [-0.1, -0.05) is 13.8 Å². The standard InChI is InChI=1S/C2H6.3H2O/c1-2;;;/h1-2H3;3*1H2. The van der Waals surface area contributed by atoms with Crippen LogP contribution in [0.15, 0.2) is 0 Å². The van der Waals surface area contributed by atoms with Crippen molar-refractivity contribution < 1.29 is 16.4 Å². The topological polar surface area (TPSA) is 94.5 Å². The molecule has 0 aromatic heterocycles. The first-order chi connectivity index (χ1) is 1.00. The fourth-order valence-corrected chi connectivity index (χ4v) is 0. The highest BCUT2D eigenvalue weighted by Crippen LogP contribution is 1.14. The Morgan fingerprint density at radius 1 is 0.600 bits per heavy atom. The minimum Gasteiger partial charge on any atom is -0.412 e. The second-order valence-electron chi connectivity index (χ2n) is 0. The Balaban J connectivity index is -0.00000000167. The van der Waals surface area contributed by atoms with Gasteiger partial charge in [-0.05, 0) is 0 Å². The zero-order chi connectivity index (χ0) is 2.00. The molecule has 0 saturated heterocycles. The summed E-state index contributed by atoms with van der Waals surface area (Å²) in [7, 11) is 0. The molecule has 0 aromatic carbocycles. The van der Waals surface area contributed by atoms with Gasteiger partial charge in [-0.25, -0.2) is 0 Å². The van der Waals surface area contributed by atoms with Gasteiger partial charge in [0.2, 0.25) is 0 Å². The summed E-state index contributed by atoms with van der Waals surface area (Å²) in [4.78, 5) is 0. The van der Waals surface area contributed by atoms with Crippen LogP contribution in [-0.2, 0) is 0 Å². The van der Waals surface area contributed by atoms with Crippen LogP contribution in [0.1, 0.15) is 13.8 Å². The lowest BCUT2D eigenvalue weighted by atomic mass is 11.0. The number of rotatable bonds is 0. The minimum atomic E-state index is 0. The number of hydrogen-bond acceptors (Lipinski definition) is 0. The first-order valence-corrected chi connectivity index (χ1v) is 1.00. The van der Waals surface area contributed by atoms with Gasteiger partial charge in [-0.15, -0.1) is 0 Å². The van der Waals surface area contributed by atoms with E-state index in [0.717, 1.165) is 0 Å². The molecule has 0 heterocycles. The Morgan fingerprint density at radius 2 is 0.600 bits per heavy atom. The lowest BCUT2D eigenvalue weighted by Crippen LogP contribution is -0.856. The fourth-order valence-electron chi connectivity index (χ4n) is 0. The van der Waals surface area contributed by atoms with Crippen LogP contribution in [0.2, 0.25) is 0 Å². The molecule has 0 aliphatic carbocycles. The van der Waals surface area contributed by atoms with E-state index >= 15 is 0 Å². The molecule has 0 fully saturated rings. The minimum absolute atomic E-state index is 0. The smallest absolute Gasteiger partial charge is 0.0683 e. The van der Waals surface area contributed by atoms with Gasteiger partial charge in [0.15, 0.2) is 0 Å². The van der Waals surface area contributed by atoms with Crippen LogP contribution < -0.4 is 0 Å². The molecule has 6 N–H and O–H groups in total. The summed E-state index contributed by atoms with van der Waals surface area (Å²) < 4.78 is 0. The Hall–Kier alpha value is -0.120. The van der Waals surface area contributed by atoms with Crippen LogP contribution in [0, 0.1) is 0 Å². The van der Waals surface area contributed by atoms with Gasteiger partial charge in [0, 0.05) is 0 Å². The molecular weight excluding hydrogens is 72.0 g/mol. The molecule has 0 amide bonds. The van der Waals surface area contributed by atoms with Crippen LogP contribution >= 0.6 is 0 Å². The summed E-state index contributed by atoms with van der Waals surface area (Å²) in [6.45, 7) is 4.00. The summed E-state index contributed by atoms with van der Waals surface area (Å²) in [6.07, 6.45) is 0. The summed E-state index contributed by atoms with van der Waals surface area (Å²) in [5.74, 6) is 0. The maximum Gasteiger partial charge on any atom is -0.0683 e. The Kier molecular flexibility index (Phi) is 42400. The quantitative estimate of drug-likeness (QED) is 0.343. The average Bonchev–Trinajstić information content (AvgIpc) is 1.00. The Labute approximate surface area is 31.5 Å². The SMILES string of the molecule is CC.O.O.O. The first-order valence-electron chi connectivity index (χ1n) is 1.00. The van der Waals surface area contributed by atoms with Gasteiger partial charge < -0.3 is 16.4 Å². The van der Waals surface area contributed by atoms with E-state index in [2.05, 4.69) is 0 Å². The van der Waals surface area contributed by atoms with Crippen molar-refractivity contribution >= 4 is 0 Å². The molecule has 5 heavy (non-hydrogen) atoms. The Morgan fingerprint density at radius 3 is 0.600 bits per heavy atom. The third-order valence-electron chi connectivity index (χ3n) is 0. The first kappa shape index (κ1) is 94.9. The fraction of sp³-hybridized carbons (Fsp3) is 1.00. The van der Waals surface area contributed by atoms with E-state index in [9.17, 15) is 0 Å². The van der Waals surface area contributed by atoms with Crippen LogP contribution in [-0.4, -0.2) is 16.4 Å². The van der Waals surface area contributed by atoms with Gasteiger partial charge in [-0.3, -0.25) is 0 Å². The third kappa shape index (κ3) is 952. The molecule has 0 unspecified atom stereocenters. The summed E-state index contributed by atoms with van der Waals surface area (Å²) >= 11 is 0. The van der Waals surface area contributed by atoms with Crippen LogP contribution in [0.25, 0.3) is 0 Å². The molecule has 0 atom stereocenters.